The molecule has 0 saturated carbocycles. The number of nitrogens with zero attached hydrogens (tertiary/aromatic N) is 1. The van der Waals surface area contributed by atoms with Crippen molar-refractivity contribution in [3.05, 3.63) is 36.2 Å². The highest BCUT2D eigenvalue weighted by Crippen LogP contribution is 2.41. The van der Waals surface area contributed by atoms with Gasteiger partial charge in [0.05, 0.1) is 17.3 Å². The fourth-order valence-corrected chi connectivity index (χ4v) is 2.44. The van der Waals surface area contributed by atoms with Crippen LogP contribution in [0.2, 0.25) is 0 Å². The van der Waals surface area contributed by atoms with Gasteiger partial charge in [-0.15, -0.1) is 11.8 Å². The molecule has 0 spiro atoms. The first-order valence-electron chi connectivity index (χ1n) is 5.27. The summed E-state index contributed by atoms with van der Waals surface area (Å²) in [5.41, 5.74) is -0.703. The van der Waals surface area contributed by atoms with Crippen LogP contribution in [0, 0.1) is 0 Å². The second kappa shape index (κ2) is 5.06. The lowest BCUT2D eigenvalue weighted by molar-refractivity contribution is -0.137. The lowest BCUT2D eigenvalue weighted by Crippen LogP contribution is -2.08. The first kappa shape index (κ1) is 13.0. The molecule has 2 aromatic rings. The number of oxazole rings is 1. The summed E-state index contributed by atoms with van der Waals surface area (Å²) in [7, 11) is 0. The van der Waals surface area contributed by atoms with Crippen LogP contribution in [0.5, 0.6) is 0 Å². The van der Waals surface area contributed by atoms with Gasteiger partial charge in [-0.2, -0.15) is 13.2 Å². The molecule has 1 aromatic heterocycles. The van der Waals surface area contributed by atoms with E-state index in [2.05, 4.69) is 4.98 Å². The van der Waals surface area contributed by atoms with E-state index in [4.69, 9.17) is 4.42 Å². The van der Waals surface area contributed by atoms with E-state index in [1.54, 1.807) is 6.07 Å². The van der Waals surface area contributed by atoms with Crippen molar-refractivity contribution >= 4 is 11.8 Å². The third-order valence-electron chi connectivity index (χ3n) is 2.28. The molecule has 0 amide bonds. The number of benzene rings is 1. The lowest BCUT2D eigenvalue weighted by atomic mass is 10.1. The Morgan fingerprint density at radius 1 is 1.33 bits per heavy atom. The van der Waals surface area contributed by atoms with Gasteiger partial charge < -0.3 is 4.42 Å². The normalized spacial score (nSPS) is 11.8. The lowest BCUT2D eigenvalue weighted by Gasteiger charge is -2.13. The van der Waals surface area contributed by atoms with Crippen LogP contribution < -0.4 is 0 Å². The predicted molar refractivity (Wildman–Crippen MR) is 63.3 cm³/mol. The first-order valence-corrected chi connectivity index (χ1v) is 6.25. The minimum Gasteiger partial charge on any atom is -0.444 e. The van der Waals surface area contributed by atoms with Crippen molar-refractivity contribution in [3.63, 3.8) is 0 Å². The molecule has 0 radical (unpaired) electrons. The Bertz CT molecular complexity index is 523. The molecule has 0 atom stereocenters. The molecule has 0 bridgehead atoms. The molecular weight excluding hydrogens is 263 g/mol. The molecule has 0 unspecified atom stereocenters. The number of halogens is 3. The van der Waals surface area contributed by atoms with Crippen molar-refractivity contribution in [2.24, 2.45) is 0 Å². The van der Waals surface area contributed by atoms with Crippen LogP contribution in [0.25, 0.3) is 11.5 Å². The summed E-state index contributed by atoms with van der Waals surface area (Å²) in [6.07, 6.45) is -1.82. The molecule has 0 aliphatic heterocycles. The van der Waals surface area contributed by atoms with Gasteiger partial charge in [-0.25, -0.2) is 4.98 Å². The summed E-state index contributed by atoms with van der Waals surface area (Å²) in [6.45, 7) is 1.88. The van der Waals surface area contributed by atoms with Crippen LogP contribution in [0.1, 0.15) is 12.5 Å². The Morgan fingerprint density at radius 2 is 2.11 bits per heavy atom. The van der Waals surface area contributed by atoms with Crippen molar-refractivity contribution in [2.45, 2.75) is 18.0 Å². The minimum atomic E-state index is -4.42. The van der Waals surface area contributed by atoms with Gasteiger partial charge >= 0.3 is 6.18 Å². The largest absolute Gasteiger partial charge is 0.444 e. The summed E-state index contributed by atoms with van der Waals surface area (Å²) in [4.78, 5) is 4.35. The van der Waals surface area contributed by atoms with Gasteiger partial charge in [0, 0.05) is 4.90 Å². The van der Waals surface area contributed by atoms with Crippen molar-refractivity contribution in [3.8, 4) is 11.5 Å². The van der Waals surface area contributed by atoms with Crippen molar-refractivity contribution in [2.75, 3.05) is 5.75 Å². The number of aromatic nitrogens is 1. The topological polar surface area (TPSA) is 26.0 Å². The standard InChI is InChI=1S/C12H10F3NOS/c1-2-18-9-5-3-4-8(12(13,14)15)10(9)11-16-6-7-17-11/h3-7H,2H2,1H3. The van der Waals surface area contributed by atoms with Gasteiger partial charge in [0.1, 0.15) is 6.26 Å². The van der Waals surface area contributed by atoms with Gasteiger partial charge in [-0.1, -0.05) is 13.0 Å². The van der Waals surface area contributed by atoms with Gasteiger partial charge in [-0.3, -0.25) is 0 Å². The Hall–Kier alpha value is -1.43. The van der Waals surface area contributed by atoms with Gasteiger partial charge in [0.15, 0.2) is 0 Å². The predicted octanol–water partition coefficient (Wildman–Crippen LogP) is 4.47. The van der Waals surface area contributed by atoms with E-state index in [1.807, 2.05) is 6.92 Å². The molecule has 1 aromatic carbocycles. The van der Waals surface area contributed by atoms with Crippen LogP contribution >= 0.6 is 11.8 Å². The van der Waals surface area contributed by atoms with E-state index in [-0.39, 0.29) is 11.5 Å². The minimum absolute atomic E-state index is 0.00104. The van der Waals surface area contributed by atoms with Gasteiger partial charge in [-0.05, 0) is 17.9 Å². The zero-order valence-electron chi connectivity index (χ0n) is 9.49. The number of hydrogen-bond donors (Lipinski definition) is 0. The monoisotopic (exact) mass is 273 g/mol. The smallest absolute Gasteiger partial charge is 0.417 e. The summed E-state index contributed by atoms with van der Waals surface area (Å²) < 4.78 is 44.0. The fourth-order valence-electron chi connectivity index (χ4n) is 1.61. The van der Waals surface area contributed by atoms with E-state index in [0.717, 1.165) is 6.07 Å². The molecule has 0 saturated heterocycles. The molecule has 96 valence electrons. The molecule has 0 fully saturated rings. The van der Waals surface area contributed by atoms with Crippen LogP contribution in [-0.4, -0.2) is 10.7 Å². The molecule has 1 heterocycles. The number of rotatable bonds is 3. The van der Waals surface area contributed by atoms with E-state index >= 15 is 0 Å². The van der Waals surface area contributed by atoms with E-state index in [0.29, 0.717) is 10.6 Å². The van der Waals surface area contributed by atoms with Gasteiger partial charge in [0.25, 0.3) is 0 Å². The number of hydrogen-bond acceptors (Lipinski definition) is 3. The van der Waals surface area contributed by atoms with Crippen molar-refractivity contribution in [1.29, 1.82) is 0 Å². The molecule has 2 nitrogen and oxygen atoms in total. The van der Waals surface area contributed by atoms with E-state index in [1.165, 1.54) is 30.3 Å². The fraction of sp³-hybridized carbons (Fsp3) is 0.250. The van der Waals surface area contributed by atoms with E-state index in [9.17, 15) is 13.2 Å². The highest BCUT2D eigenvalue weighted by atomic mass is 32.2. The third kappa shape index (κ3) is 2.53. The molecule has 0 aliphatic carbocycles. The maximum Gasteiger partial charge on any atom is 0.417 e. The summed E-state index contributed by atoms with van der Waals surface area (Å²) in [5, 5.41) is 0. The third-order valence-corrected chi connectivity index (χ3v) is 3.22. The summed E-state index contributed by atoms with van der Waals surface area (Å²) in [6, 6.07) is 4.08. The van der Waals surface area contributed by atoms with Gasteiger partial charge in [0.2, 0.25) is 5.89 Å². The molecular formula is C12H10F3NOS. The van der Waals surface area contributed by atoms with Crippen molar-refractivity contribution < 1.29 is 17.6 Å². The highest BCUT2D eigenvalue weighted by molar-refractivity contribution is 7.99. The zero-order chi connectivity index (χ0) is 13.2. The Labute approximate surface area is 106 Å². The van der Waals surface area contributed by atoms with Crippen LogP contribution in [-0.2, 0) is 6.18 Å². The molecule has 2 rings (SSSR count). The highest BCUT2D eigenvalue weighted by Gasteiger charge is 2.35. The number of alkyl halides is 3. The van der Waals surface area contributed by atoms with Crippen LogP contribution in [0.15, 0.2) is 40.0 Å². The quantitative estimate of drug-likeness (QED) is 0.771. The Morgan fingerprint density at radius 3 is 2.67 bits per heavy atom. The SMILES string of the molecule is CCSc1cccc(C(F)(F)F)c1-c1ncco1. The van der Waals surface area contributed by atoms with E-state index < -0.39 is 11.7 Å². The Balaban J connectivity index is 2.64. The molecule has 18 heavy (non-hydrogen) atoms. The maximum absolute atomic E-state index is 13.0. The zero-order valence-corrected chi connectivity index (χ0v) is 10.3. The summed E-state index contributed by atoms with van der Waals surface area (Å²) >= 11 is 1.33. The molecule has 6 heteroatoms. The first-order chi connectivity index (χ1) is 8.54. The average molecular weight is 273 g/mol. The second-order valence-electron chi connectivity index (χ2n) is 3.45. The molecule has 0 N–H and O–H groups in total. The number of thioether (sulfide) groups is 1. The summed E-state index contributed by atoms with van der Waals surface area (Å²) in [5.74, 6) is 0.675. The molecule has 0 aliphatic rings. The average Bonchev–Trinajstić information content (AvgIpc) is 2.81. The maximum atomic E-state index is 13.0. The Kier molecular flexibility index (Phi) is 3.65. The van der Waals surface area contributed by atoms with Crippen molar-refractivity contribution in [1.82, 2.24) is 4.98 Å². The second-order valence-corrected chi connectivity index (χ2v) is 4.75. The van der Waals surface area contributed by atoms with Crippen LogP contribution in [0.3, 0.4) is 0 Å². The van der Waals surface area contributed by atoms with Crippen LogP contribution in [0.4, 0.5) is 13.2 Å².